The Kier molecular flexibility index (Phi) is 5.40. The van der Waals surface area contributed by atoms with Crippen LogP contribution in [0.1, 0.15) is 26.7 Å². The quantitative estimate of drug-likeness (QED) is 0.745. The Labute approximate surface area is 119 Å². The van der Waals surface area contributed by atoms with Gasteiger partial charge in [0.1, 0.15) is 5.75 Å². The molecular formula is C16H20O2S. The van der Waals surface area contributed by atoms with E-state index in [1.165, 1.54) is 9.80 Å². The zero-order chi connectivity index (χ0) is 13.5. The van der Waals surface area contributed by atoms with Crippen molar-refractivity contribution < 1.29 is 9.47 Å². The van der Waals surface area contributed by atoms with E-state index in [0.29, 0.717) is 6.61 Å². The highest BCUT2D eigenvalue weighted by Crippen LogP contribution is 2.33. The molecule has 0 N–H and O–H groups in total. The Morgan fingerprint density at radius 2 is 1.79 bits per heavy atom. The van der Waals surface area contributed by atoms with Gasteiger partial charge in [-0.25, -0.2) is 0 Å². The summed E-state index contributed by atoms with van der Waals surface area (Å²) >= 11 is 1.77. The highest BCUT2D eigenvalue weighted by atomic mass is 32.2. The Morgan fingerprint density at radius 3 is 2.47 bits per heavy atom. The fraction of sp³-hybridized carbons (Fsp3) is 0.375. The number of hydrogen-bond acceptors (Lipinski definition) is 3. The Hall–Kier alpha value is -1.35. The molecule has 19 heavy (non-hydrogen) atoms. The topological polar surface area (TPSA) is 18.5 Å². The van der Waals surface area contributed by atoms with Gasteiger partial charge in [-0.2, -0.15) is 0 Å². The SMILES string of the molecule is CCOC1=CC(Sc2ccc(OCC)cc2)=CCC1. The second-order valence-corrected chi connectivity index (χ2v) is 5.34. The fourth-order valence-electron chi connectivity index (χ4n) is 1.92. The van der Waals surface area contributed by atoms with E-state index in [1.807, 2.05) is 26.0 Å². The molecule has 0 radical (unpaired) electrons. The summed E-state index contributed by atoms with van der Waals surface area (Å²) in [6.45, 7) is 5.47. The van der Waals surface area contributed by atoms with E-state index in [2.05, 4.69) is 24.3 Å². The van der Waals surface area contributed by atoms with Crippen molar-refractivity contribution in [2.45, 2.75) is 31.6 Å². The molecule has 0 unspecified atom stereocenters. The molecule has 0 spiro atoms. The van der Waals surface area contributed by atoms with Crippen molar-refractivity contribution >= 4 is 11.8 Å². The molecule has 0 aliphatic heterocycles. The predicted molar refractivity (Wildman–Crippen MR) is 80.5 cm³/mol. The lowest BCUT2D eigenvalue weighted by Crippen LogP contribution is -1.96. The molecule has 0 fully saturated rings. The predicted octanol–water partition coefficient (Wildman–Crippen LogP) is 4.78. The van der Waals surface area contributed by atoms with Crippen molar-refractivity contribution in [1.29, 1.82) is 0 Å². The maximum atomic E-state index is 5.59. The van der Waals surface area contributed by atoms with Gasteiger partial charge in [-0.1, -0.05) is 17.8 Å². The summed E-state index contributed by atoms with van der Waals surface area (Å²) in [5.41, 5.74) is 0. The summed E-state index contributed by atoms with van der Waals surface area (Å²) in [5, 5.41) is 0. The van der Waals surface area contributed by atoms with Gasteiger partial charge in [-0.3, -0.25) is 0 Å². The maximum absolute atomic E-state index is 5.59. The van der Waals surface area contributed by atoms with Crippen LogP contribution in [0.15, 0.2) is 52.0 Å². The van der Waals surface area contributed by atoms with Crippen molar-refractivity contribution in [3.8, 4) is 5.75 Å². The third-order valence-electron chi connectivity index (χ3n) is 2.74. The smallest absolute Gasteiger partial charge is 0.119 e. The van der Waals surface area contributed by atoms with E-state index in [1.54, 1.807) is 11.8 Å². The molecule has 0 aromatic heterocycles. The first-order valence-electron chi connectivity index (χ1n) is 6.76. The lowest BCUT2D eigenvalue weighted by atomic mass is 10.1. The van der Waals surface area contributed by atoms with Gasteiger partial charge < -0.3 is 9.47 Å². The number of thioether (sulfide) groups is 1. The van der Waals surface area contributed by atoms with Crippen LogP contribution in [0.25, 0.3) is 0 Å². The molecular weight excluding hydrogens is 256 g/mol. The zero-order valence-corrected chi connectivity index (χ0v) is 12.3. The molecule has 3 heteroatoms. The van der Waals surface area contributed by atoms with E-state index in [4.69, 9.17) is 9.47 Å². The van der Waals surface area contributed by atoms with E-state index in [9.17, 15) is 0 Å². The highest BCUT2D eigenvalue weighted by Gasteiger charge is 2.07. The highest BCUT2D eigenvalue weighted by molar-refractivity contribution is 8.03. The van der Waals surface area contributed by atoms with Gasteiger partial charge in [-0.15, -0.1) is 0 Å². The summed E-state index contributed by atoms with van der Waals surface area (Å²) in [5.74, 6) is 2.02. The normalized spacial score (nSPS) is 14.6. The molecule has 0 saturated heterocycles. The van der Waals surface area contributed by atoms with E-state index < -0.39 is 0 Å². The first-order valence-corrected chi connectivity index (χ1v) is 7.57. The van der Waals surface area contributed by atoms with Crippen molar-refractivity contribution in [2.75, 3.05) is 13.2 Å². The number of allylic oxidation sites excluding steroid dienone is 3. The van der Waals surface area contributed by atoms with Gasteiger partial charge in [0.25, 0.3) is 0 Å². The van der Waals surface area contributed by atoms with Crippen LogP contribution in [-0.4, -0.2) is 13.2 Å². The van der Waals surface area contributed by atoms with Crippen LogP contribution in [0.5, 0.6) is 5.75 Å². The molecule has 2 nitrogen and oxygen atoms in total. The van der Waals surface area contributed by atoms with Gasteiger partial charge >= 0.3 is 0 Å². The van der Waals surface area contributed by atoms with Crippen molar-refractivity contribution in [1.82, 2.24) is 0 Å². The minimum absolute atomic E-state index is 0.706. The summed E-state index contributed by atoms with van der Waals surface area (Å²) < 4.78 is 11.0. The Bertz CT molecular complexity index is 460. The molecule has 102 valence electrons. The third-order valence-corrected chi connectivity index (χ3v) is 3.77. The van der Waals surface area contributed by atoms with Crippen molar-refractivity contribution in [2.24, 2.45) is 0 Å². The van der Waals surface area contributed by atoms with Crippen LogP contribution in [0, 0.1) is 0 Å². The number of ether oxygens (including phenoxy) is 2. The lowest BCUT2D eigenvalue weighted by molar-refractivity contribution is 0.218. The van der Waals surface area contributed by atoms with E-state index in [-0.39, 0.29) is 0 Å². The molecule has 0 amide bonds. The summed E-state index contributed by atoms with van der Waals surface area (Å²) in [6.07, 6.45) is 6.49. The summed E-state index contributed by atoms with van der Waals surface area (Å²) in [4.78, 5) is 2.49. The van der Waals surface area contributed by atoms with Crippen LogP contribution in [0.4, 0.5) is 0 Å². The molecule has 1 aliphatic carbocycles. The molecule has 0 heterocycles. The van der Waals surface area contributed by atoms with Crippen LogP contribution in [0.3, 0.4) is 0 Å². The Morgan fingerprint density at radius 1 is 1.05 bits per heavy atom. The van der Waals surface area contributed by atoms with Crippen LogP contribution in [-0.2, 0) is 4.74 Å². The molecule has 1 aromatic carbocycles. The van der Waals surface area contributed by atoms with Crippen LogP contribution in [0.2, 0.25) is 0 Å². The maximum Gasteiger partial charge on any atom is 0.119 e. The fourth-order valence-corrected chi connectivity index (χ4v) is 2.86. The lowest BCUT2D eigenvalue weighted by Gasteiger charge is -2.14. The Balaban J connectivity index is 1.98. The average molecular weight is 276 g/mol. The van der Waals surface area contributed by atoms with Crippen LogP contribution >= 0.6 is 11.8 Å². The molecule has 2 rings (SSSR count). The van der Waals surface area contributed by atoms with Gasteiger partial charge in [-0.05, 0) is 50.6 Å². The van der Waals surface area contributed by atoms with Gasteiger partial charge in [0.2, 0.25) is 0 Å². The van der Waals surface area contributed by atoms with Crippen LogP contribution < -0.4 is 4.74 Å². The summed E-state index contributed by atoms with van der Waals surface area (Å²) in [6, 6.07) is 8.23. The zero-order valence-electron chi connectivity index (χ0n) is 11.5. The number of rotatable bonds is 6. The summed E-state index contributed by atoms with van der Waals surface area (Å²) in [7, 11) is 0. The van der Waals surface area contributed by atoms with Gasteiger partial charge in [0.05, 0.1) is 19.0 Å². The number of hydrogen-bond donors (Lipinski definition) is 0. The molecule has 0 bridgehead atoms. The van der Waals surface area contributed by atoms with Gasteiger partial charge in [0.15, 0.2) is 0 Å². The van der Waals surface area contributed by atoms with Crippen molar-refractivity contribution in [3.63, 3.8) is 0 Å². The molecule has 0 atom stereocenters. The standard InChI is InChI=1S/C16H20O2S/c1-3-17-13-8-10-15(11-9-13)19-16-7-5-6-14(12-16)18-4-2/h7-12H,3-6H2,1-2H3. The van der Waals surface area contributed by atoms with E-state index in [0.717, 1.165) is 31.0 Å². The monoisotopic (exact) mass is 276 g/mol. The first kappa shape index (κ1) is 14.1. The molecule has 0 saturated carbocycles. The second-order valence-electron chi connectivity index (χ2n) is 4.20. The number of benzene rings is 1. The average Bonchev–Trinajstić information content (AvgIpc) is 2.42. The minimum atomic E-state index is 0.706. The minimum Gasteiger partial charge on any atom is -0.498 e. The largest absolute Gasteiger partial charge is 0.498 e. The molecule has 1 aromatic rings. The van der Waals surface area contributed by atoms with Crippen molar-refractivity contribution in [3.05, 3.63) is 47.1 Å². The third kappa shape index (κ3) is 4.35. The van der Waals surface area contributed by atoms with E-state index >= 15 is 0 Å². The second kappa shape index (κ2) is 7.29. The first-order chi connectivity index (χ1) is 9.31. The molecule has 1 aliphatic rings. The van der Waals surface area contributed by atoms with Gasteiger partial charge in [0, 0.05) is 16.2 Å².